The first-order valence-electron chi connectivity index (χ1n) is 6.67. The second kappa shape index (κ2) is 15.5. The minimum absolute atomic E-state index is 0.269. The summed E-state index contributed by atoms with van der Waals surface area (Å²) in [5.74, 6) is 0.249. The minimum atomic E-state index is -0.345. The van der Waals surface area contributed by atoms with E-state index in [4.69, 9.17) is 11.5 Å². The third kappa shape index (κ3) is 9.69. The number of aromatic nitrogens is 2. The van der Waals surface area contributed by atoms with Gasteiger partial charge in [-0.05, 0) is 6.92 Å². The molecule has 5 nitrogen and oxygen atoms in total. The van der Waals surface area contributed by atoms with Crippen LogP contribution in [0, 0.1) is 6.92 Å². The van der Waals surface area contributed by atoms with Crippen molar-refractivity contribution in [2.45, 2.75) is 61.4 Å². The second-order valence-electron chi connectivity index (χ2n) is 2.65. The fraction of sp³-hybridized carbons (Fsp3) is 0.692. The van der Waals surface area contributed by atoms with Crippen LogP contribution in [-0.4, -0.2) is 15.7 Å². The van der Waals surface area contributed by atoms with Crippen molar-refractivity contribution in [3.05, 3.63) is 11.8 Å². The molecule has 0 aliphatic heterocycles. The van der Waals surface area contributed by atoms with E-state index in [0.29, 0.717) is 12.4 Å². The molecule has 0 atom stereocenters. The van der Waals surface area contributed by atoms with Crippen LogP contribution in [0.3, 0.4) is 0 Å². The second-order valence-corrected chi connectivity index (χ2v) is 2.65. The fourth-order valence-corrected chi connectivity index (χ4v) is 0.882. The van der Waals surface area contributed by atoms with Crippen molar-refractivity contribution in [2.75, 3.05) is 5.73 Å². The van der Waals surface area contributed by atoms with Gasteiger partial charge in [-0.15, -0.1) is 0 Å². The Kier molecular flexibility index (Phi) is 18.7. The molecule has 0 aliphatic carbocycles. The Hall–Kier alpha value is -1.52. The molecule has 0 bridgehead atoms. The summed E-state index contributed by atoms with van der Waals surface area (Å²) in [5, 5.41) is 3.97. The number of anilines is 1. The number of hydrogen-bond acceptors (Lipinski definition) is 3. The summed E-state index contributed by atoms with van der Waals surface area (Å²) in [4.78, 5) is 10.4. The van der Waals surface area contributed by atoms with E-state index >= 15 is 0 Å². The fourth-order valence-electron chi connectivity index (χ4n) is 0.882. The van der Waals surface area contributed by atoms with E-state index in [1.54, 1.807) is 10.9 Å². The highest BCUT2D eigenvalue weighted by atomic mass is 16.1. The van der Waals surface area contributed by atoms with E-state index in [2.05, 4.69) is 5.10 Å². The Morgan fingerprint density at radius 3 is 1.94 bits per heavy atom. The molecule has 1 amide bonds. The van der Waals surface area contributed by atoms with Gasteiger partial charge in [-0.25, -0.2) is 4.68 Å². The molecule has 0 radical (unpaired) electrons. The van der Waals surface area contributed by atoms with Gasteiger partial charge < -0.3 is 11.5 Å². The first-order chi connectivity index (χ1) is 8.61. The summed E-state index contributed by atoms with van der Waals surface area (Å²) in [5.41, 5.74) is 11.5. The van der Waals surface area contributed by atoms with Crippen LogP contribution in [0.4, 0.5) is 5.82 Å². The molecule has 1 rings (SSSR count). The number of carbonyl (C=O) groups is 1. The van der Waals surface area contributed by atoms with Crippen LogP contribution in [0.25, 0.3) is 0 Å². The summed E-state index contributed by atoms with van der Waals surface area (Å²) in [7, 11) is 0. The highest BCUT2D eigenvalue weighted by Gasteiger charge is 2.03. The van der Waals surface area contributed by atoms with Crippen LogP contribution in [-0.2, 0) is 11.3 Å². The topological polar surface area (TPSA) is 86.9 Å². The van der Waals surface area contributed by atoms with Gasteiger partial charge >= 0.3 is 0 Å². The lowest BCUT2D eigenvalue weighted by atomic mass is 10.4. The number of nitrogen functional groups attached to an aromatic ring is 1. The van der Waals surface area contributed by atoms with Gasteiger partial charge in [-0.3, -0.25) is 4.79 Å². The number of nitrogens with two attached hydrogens (primary N) is 2. The van der Waals surface area contributed by atoms with Gasteiger partial charge in [0.15, 0.2) is 0 Å². The van der Waals surface area contributed by atoms with Crippen LogP contribution < -0.4 is 11.5 Å². The van der Waals surface area contributed by atoms with E-state index in [0.717, 1.165) is 5.56 Å². The van der Waals surface area contributed by atoms with Gasteiger partial charge in [0, 0.05) is 12.0 Å². The monoisotopic (exact) mass is 258 g/mol. The zero-order chi connectivity index (χ0) is 15.1. The maximum atomic E-state index is 10.4. The van der Waals surface area contributed by atoms with E-state index in [1.807, 2.05) is 48.5 Å². The van der Waals surface area contributed by atoms with Crippen LogP contribution in [0.2, 0.25) is 0 Å². The third-order valence-electron chi connectivity index (χ3n) is 1.64. The quantitative estimate of drug-likeness (QED) is 0.873. The van der Waals surface area contributed by atoms with E-state index < -0.39 is 0 Å². The molecule has 0 fully saturated rings. The lowest BCUT2D eigenvalue weighted by Crippen LogP contribution is -2.15. The average molecular weight is 258 g/mol. The Labute approximate surface area is 112 Å². The Bertz CT molecular complexity index is 295. The molecule has 1 aromatic rings. The molecule has 1 heterocycles. The van der Waals surface area contributed by atoms with Gasteiger partial charge in [-0.1, -0.05) is 41.5 Å². The Balaban J connectivity index is -0.000000328. The van der Waals surface area contributed by atoms with Crippen molar-refractivity contribution in [1.29, 1.82) is 0 Å². The van der Waals surface area contributed by atoms with Gasteiger partial charge in [0.05, 0.1) is 12.7 Å². The third-order valence-corrected chi connectivity index (χ3v) is 1.64. The first-order valence-corrected chi connectivity index (χ1v) is 6.67. The summed E-state index contributed by atoms with van der Waals surface area (Å²) in [6.07, 6.45) is 1.93. The average Bonchev–Trinajstić information content (AvgIpc) is 2.74. The molecule has 1 aromatic heterocycles. The molecule has 0 saturated carbocycles. The molecular formula is C13H30N4O. The number of rotatable bonds is 3. The highest BCUT2D eigenvalue weighted by molar-refractivity contribution is 5.73. The standard InChI is InChI=1S/C7H12N4O.3C2H6/c1-5-4-10-11(7(5)9)3-2-6(8)12;3*1-2/h4H,2-3,9H2,1H3,(H2,8,12);3*1-2H3. The lowest BCUT2D eigenvalue weighted by Gasteiger charge is -2.01. The number of hydrogen-bond donors (Lipinski definition) is 2. The van der Waals surface area contributed by atoms with Crippen molar-refractivity contribution < 1.29 is 4.79 Å². The lowest BCUT2D eigenvalue weighted by molar-refractivity contribution is -0.118. The Morgan fingerprint density at radius 2 is 1.67 bits per heavy atom. The number of primary amides is 1. The normalized spacial score (nSPS) is 7.72. The van der Waals surface area contributed by atoms with Crippen LogP contribution in [0.15, 0.2) is 6.20 Å². The first kappa shape index (κ1) is 21.7. The van der Waals surface area contributed by atoms with E-state index in [1.165, 1.54) is 0 Å². The predicted molar refractivity (Wildman–Crippen MR) is 79.2 cm³/mol. The van der Waals surface area contributed by atoms with E-state index in [9.17, 15) is 4.79 Å². The predicted octanol–water partition coefficient (Wildman–Crippen LogP) is 2.73. The van der Waals surface area contributed by atoms with Crippen LogP contribution >= 0.6 is 0 Å². The molecule has 0 spiro atoms. The molecule has 0 saturated heterocycles. The van der Waals surface area contributed by atoms with Crippen LogP contribution in [0.5, 0.6) is 0 Å². The minimum Gasteiger partial charge on any atom is -0.384 e. The van der Waals surface area contributed by atoms with Crippen molar-refractivity contribution in [1.82, 2.24) is 9.78 Å². The molecule has 5 heteroatoms. The maximum absolute atomic E-state index is 10.4. The summed E-state index contributed by atoms with van der Waals surface area (Å²) in [6, 6.07) is 0. The van der Waals surface area contributed by atoms with Gasteiger partial charge in [0.1, 0.15) is 5.82 Å². The highest BCUT2D eigenvalue weighted by Crippen LogP contribution is 2.08. The van der Waals surface area contributed by atoms with Crippen molar-refractivity contribution >= 4 is 11.7 Å². The number of carbonyl (C=O) groups excluding carboxylic acids is 1. The largest absolute Gasteiger partial charge is 0.384 e. The zero-order valence-electron chi connectivity index (χ0n) is 12.9. The zero-order valence-corrected chi connectivity index (χ0v) is 12.9. The SMILES string of the molecule is CC.CC.CC.Cc1cnn(CCC(N)=O)c1N. The maximum Gasteiger partial charge on any atom is 0.219 e. The molecule has 108 valence electrons. The van der Waals surface area contributed by atoms with Gasteiger partial charge in [-0.2, -0.15) is 5.10 Å². The van der Waals surface area contributed by atoms with Gasteiger partial charge in [0.2, 0.25) is 5.91 Å². The molecule has 4 N–H and O–H groups in total. The number of amides is 1. The van der Waals surface area contributed by atoms with Gasteiger partial charge in [0.25, 0.3) is 0 Å². The molecule has 0 unspecified atom stereocenters. The van der Waals surface area contributed by atoms with Crippen molar-refractivity contribution in [3.63, 3.8) is 0 Å². The summed E-state index contributed by atoms with van der Waals surface area (Å²) < 4.78 is 1.57. The molecule has 18 heavy (non-hydrogen) atoms. The molecular weight excluding hydrogens is 228 g/mol. The van der Waals surface area contributed by atoms with Crippen LogP contribution in [0.1, 0.15) is 53.5 Å². The summed E-state index contributed by atoms with van der Waals surface area (Å²) >= 11 is 0. The van der Waals surface area contributed by atoms with E-state index in [-0.39, 0.29) is 12.3 Å². The molecule has 0 aromatic carbocycles. The van der Waals surface area contributed by atoms with Crippen molar-refractivity contribution in [2.24, 2.45) is 5.73 Å². The molecule has 0 aliphatic rings. The number of nitrogens with zero attached hydrogens (tertiary/aromatic N) is 2. The van der Waals surface area contributed by atoms with Crippen molar-refractivity contribution in [3.8, 4) is 0 Å². The smallest absolute Gasteiger partial charge is 0.219 e. The Morgan fingerprint density at radius 1 is 1.22 bits per heavy atom. The number of aryl methyl sites for hydroxylation is 2. The summed E-state index contributed by atoms with van der Waals surface area (Å²) in [6.45, 7) is 14.3.